The van der Waals surface area contributed by atoms with Crippen molar-refractivity contribution < 1.29 is 9.53 Å². The van der Waals surface area contributed by atoms with Gasteiger partial charge in [-0.25, -0.2) is 4.79 Å². The van der Waals surface area contributed by atoms with Gasteiger partial charge in [-0.1, -0.05) is 30.3 Å². The van der Waals surface area contributed by atoms with Crippen molar-refractivity contribution in [1.29, 1.82) is 0 Å². The molecule has 1 aliphatic rings. The van der Waals surface area contributed by atoms with Crippen molar-refractivity contribution in [1.82, 2.24) is 10.6 Å². The molecule has 0 bridgehead atoms. The summed E-state index contributed by atoms with van der Waals surface area (Å²) in [5.41, 5.74) is 1.07. The van der Waals surface area contributed by atoms with E-state index < -0.39 is 0 Å². The second-order valence-electron chi connectivity index (χ2n) is 4.23. The van der Waals surface area contributed by atoms with E-state index in [1.807, 2.05) is 30.3 Å². The van der Waals surface area contributed by atoms with Crippen LogP contribution in [-0.2, 0) is 11.3 Å². The minimum atomic E-state index is -0.345. The first kappa shape index (κ1) is 11.9. The molecule has 1 amide bonds. The fraction of sp³-hybridized carbons (Fsp3) is 0.462. The number of hydrogen-bond donors (Lipinski definition) is 2. The Morgan fingerprint density at radius 1 is 1.41 bits per heavy atom. The first-order chi connectivity index (χ1) is 8.34. The number of hydrogen-bond acceptors (Lipinski definition) is 3. The van der Waals surface area contributed by atoms with Gasteiger partial charge in [0.2, 0.25) is 0 Å². The minimum absolute atomic E-state index is 0.331. The number of carbonyl (C=O) groups excluding carboxylic acids is 1. The van der Waals surface area contributed by atoms with Gasteiger partial charge in [-0.15, -0.1) is 0 Å². The molecule has 1 heterocycles. The van der Waals surface area contributed by atoms with Crippen LogP contribution in [0.3, 0.4) is 0 Å². The molecule has 17 heavy (non-hydrogen) atoms. The van der Waals surface area contributed by atoms with Crippen LogP contribution in [0.1, 0.15) is 18.4 Å². The Bertz CT molecular complexity index is 348. The van der Waals surface area contributed by atoms with Crippen LogP contribution >= 0.6 is 0 Å². The molecular weight excluding hydrogens is 216 g/mol. The lowest BCUT2D eigenvalue weighted by Gasteiger charge is -2.11. The smallest absolute Gasteiger partial charge is 0.407 e. The minimum Gasteiger partial charge on any atom is -0.448 e. The van der Waals surface area contributed by atoms with Crippen LogP contribution in [0.4, 0.5) is 4.79 Å². The van der Waals surface area contributed by atoms with Gasteiger partial charge in [-0.05, 0) is 24.9 Å². The summed E-state index contributed by atoms with van der Waals surface area (Å²) in [5, 5.41) is 6.01. The zero-order valence-electron chi connectivity index (χ0n) is 9.82. The highest BCUT2D eigenvalue weighted by molar-refractivity contribution is 5.67. The van der Waals surface area contributed by atoms with Crippen LogP contribution in [0.25, 0.3) is 0 Å². The van der Waals surface area contributed by atoms with Crippen molar-refractivity contribution >= 4 is 6.09 Å². The molecule has 1 aromatic rings. The molecule has 2 rings (SSSR count). The maximum atomic E-state index is 11.4. The summed E-state index contributed by atoms with van der Waals surface area (Å²) in [4.78, 5) is 11.4. The Kier molecular flexibility index (Phi) is 4.38. The molecule has 0 aromatic heterocycles. The zero-order valence-corrected chi connectivity index (χ0v) is 9.82. The van der Waals surface area contributed by atoms with Gasteiger partial charge >= 0.3 is 6.09 Å². The Morgan fingerprint density at radius 2 is 2.24 bits per heavy atom. The van der Waals surface area contributed by atoms with Crippen molar-refractivity contribution in [3.05, 3.63) is 35.9 Å². The summed E-state index contributed by atoms with van der Waals surface area (Å²) in [6.07, 6.45) is 1.91. The third-order valence-electron chi connectivity index (χ3n) is 2.86. The SMILES string of the molecule is O=C(NCc1ccccc1)OCC1CCCN1. The summed E-state index contributed by atoms with van der Waals surface area (Å²) in [5.74, 6) is 0. The van der Waals surface area contributed by atoms with Gasteiger partial charge in [-0.3, -0.25) is 0 Å². The van der Waals surface area contributed by atoms with Gasteiger partial charge in [0, 0.05) is 12.6 Å². The number of benzene rings is 1. The van der Waals surface area contributed by atoms with Gasteiger partial charge in [0.15, 0.2) is 0 Å². The lowest BCUT2D eigenvalue weighted by molar-refractivity contribution is 0.136. The van der Waals surface area contributed by atoms with Gasteiger partial charge in [0.05, 0.1) is 0 Å². The van der Waals surface area contributed by atoms with Crippen LogP contribution in [-0.4, -0.2) is 25.3 Å². The monoisotopic (exact) mass is 234 g/mol. The molecule has 1 saturated heterocycles. The molecule has 0 saturated carbocycles. The molecule has 4 nitrogen and oxygen atoms in total. The van der Waals surface area contributed by atoms with Gasteiger partial charge in [-0.2, -0.15) is 0 Å². The molecule has 1 atom stereocenters. The van der Waals surface area contributed by atoms with E-state index in [4.69, 9.17) is 4.74 Å². The fourth-order valence-electron chi connectivity index (χ4n) is 1.90. The van der Waals surface area contributed by atoms with Crippen molar-refractivity contribution in [3.8, 4) is 0 Å². The molecule has 1 fully saturated rings. The van der Waals surface area contributed by atoms with Crippen LogP contribution in [0.5, 0.6) is 0 Å². The quantitative estimate of drug-likeness (QED) is 0.833. The summed E-state index contributed by atoms with van der Waals surface area (Å²) < 4.78 is 5.14. The summed E-state index contributed by atoms with van der Waals surface area (Å²) >= 11 is 0. The van der Waals surface area contributed by atoms with E-state index in [0.717, 1.165) is 18.5 Å². The standard InChI is InChI=1S/C13H18N2O2/c16-13(17-10-12-7-4-8-14-12)15-9-11-5-2-1-3-6-11/h1-3,5-6,12,14H,4,7-10H2,(H,15,16). The van der Waals surface area contributed by atoms with Crippen molar-refractivity contribution in [2.45, 2.75) is 25.4 Å². The van der Waals surface area contributed by atoms with E-state index in [9.17, 15) is 4.79 Å². The highest BCUT2D eigenvalue weighted by Crippen LogP contribution is 2.05. The van der Waals surface area contributed by atoms with Crippen LogP contribution < -0.4 is 10.6 Å². The third-order valence-corrected chi connectivity index (χ3v) is 2.86. The van der Waals surface area contributed by atoms with Crippen LogP contribution in [0, 0.1) is 0 Å². The number of rotatable bonds is 4. The maximum absolute atomic E-state index is 11.4. The summed E-state index contributed by atoms with van der Waals surface area (Å²) in [6.45, 7) is 2.00. The van der Waals surface area contributed by atoms with E-state index in [2.05, 4.69) is 10.6 Å². The van der Waals surface area contributed by atoms with Gasteiger partial charge in [0.1, 0.15) is 6.61 Å². The lowest BCUT2D eigenvalue weighted by atomic mass is 10.2. The van der Waals surface area contributed by atoms with Crippen molar-refractivity contribution in [2.75, 3.05) is 13.2 Å². The molecule has 2 N–H and O–H groups in total. The number of amides is 1. The average Bonchev–Trinajstić information content (AvgIpc) is 2.88. The second-order valence-corrected chi connectivity index (χ2v) is 4.23. The molecule has 1 aromatic carbocycles. The fourth-order valence-corrected chi connectivity index (χ4v) is 1.90. The molecule has 1 unspecified atom stereocenters. The number of carbonyl (C=O) groups is 1. The normalized spacial score (nSPS) is 18.9. The molecular formula is C13H18N2O2. The number of alkyl carbamates (subject to hydrolysis) is 1. The average molecular weight is 234 g/mol. The Labute approximate surface area is 101 Å². The Balaban J connectivity index is 1.64. The summed E-state index contributed by atoms with van der Waals surface area (Å²) in [6, 6.07) is 10.1. The highest BCUT2D eigenvalue weighted by atomic mass is 16.5. The number of nitrogens with one attached hydrogen (secondary N) is 2. The van der Waals surface area contributed by atoms with Crippen molar-refractivity contribution in [3.63, 3.8) is 0 Å². The topological polar surface area (TPSA) is 50.4 Å². The largest absolute Gasteiger partial charge is 0.448 e. The zero-order chi connectivity index (χ0) is 11.9. The lowest BCUT2D eigenvalue weighted by Crippen LogP contribution is -2.32. The van der Waals surface area contributed by atoms with Crippen LogP contribution in [0.15, 0.2) is 30.3 Å². The molecule has 1 aliphatic heterocycles. The van der Waals surface area contributed by atoms with E-state index in [1.165, 1.54) is 6.42 Å². The molecule has 92 valence electrons. The van der Waals surface area contributed by atoms with E-state index in [0.29, 0.717) is 19.2 Å². The van der Waals surface area contributed by atoms with Crippen molar-refractivity contribution in [2.24, 2.45) is 0 Å². The first-order valence-electron chi connectivity index (χ1n) is 6.02. The maximum Gasteiger partial charge on any atom is 0.407 e. The highest BCUT2D eigenvalue weighted by Gasteiger charge is 2.15. The van der Waals surface area contributed by atoms with E-state index in [-0.39, 0.29) is 6.09 Å². The second kappa shape index (κ2) is 6.25. The first-order valence-corrected chi connectivity index (χ1v) is 6.02. The predicted octanol–water partition coefficient (Wildman–Crippen LogP) is 1.66. The van der Waals surface area contributed by atoms with Crippen LogP contribution in [0.2, 0.25) is 0 Å². The molecule has 0 aliphatic carbocycles. The van der Waals surface area contributed by atoms with E-state index in [1.54, 1.807) is 0 Å². The molecule has 4 heteroatoms. The number of ether oxygens (including phenoxy) is 1. The predicted molar refractivity (Wildman–Crippen MR) is 65.7 cm³/mol. The molecule has 0 radical (unpaired) electrons. The molecule has 0 spiro atoms. The van der Waals surface area contributed by atoms with Gasteiger partial charge < -0.3 is 15.4 Å². The Hall–Kier alpha value is -1.55. The van der Waals surface area contributed by atoms with Gasteiger partial charge in [0.25, 0.3) is 0 Å². The van der Waals surface area contributed by atoms with E-state index >= 15 is 0 Å². The Morgan fingerprint density at radius 3 is 2.94 bits per heavy atom. The summed E-state index contributed by atoms with van der Waals surface area (Å²) in [7, 11) is 0. The third kappa shape index (κ3) is 4.07.